The van der Waals surface area contributed by atoms with Crippen LogP contribution in [0.15, 0.2) is 48.5 Å². The number of nitrogens with zero attached hydrogens (tertiary/aromatic N) is 1. The Bertz CT molecular complexity index is 1210. The molecule has 182 valence electrons. The normalized spacial score (nSPS) is 13.0. The molecule has 2 aromatic carbocycles. The molecular formula is C26H27N3O5S. The van der Waals surface area contributed by atoms with Gasteiger partial charge in [-0.15, -0.1) is 11.3 Å². The largest absolute Gasteiger partial charge is 0.476 e. The zero-order valence-corrected chi connectivity index (χ0v) is 20.4. The first-order valence-electron chi connectivity index (χ1n) is 11.4. The first kappa shape index (κ1) is 24.4. The van der Waals surface area contributed by atoms with Gasteiger partial charge in [-0.25, -0.2) is 14.6 Å². The lowest BCUT2D eigenvalue weighted by molar-refractivity contribution is -0.125. The quantitative estimate of drug-likeness (QED) is 0.408. The molecule has 1 aromatic heterocycles. The van der Waals surface area contributed by atoms with Gasteiger partial charge >= 0.3 is 12.1 Å². The monoisotopic (exact) mass is 493 g/mol. The van der Waals surface area contributed by atoms with Gasteiger partial charge < -0.3 is 20.5 Å². The number of hydrogen-bond acceptors (Lipinski definition) is 6. The topological polar surface area (TPSA) is 118 Å². The third kappa shape index (κ3) is 5.35. The number of aryl methyl sites for hydroxylation is 1. The Labute approximate surface area is 207 Å². The summed E-state index contributed by atoms with van der Waals surface area (Å²) in [5.74, 6) is -1.81. The fourth-order valence-electron chi connectivity index (χ4n) is 4.31. The Morgan fingerprint density at radius 3 is 2.26 bits per heavy atom. The van der Waals surface area contributed by atoms with Gasteiger partial charge in [0, 0.05) is 17.3 Å². The average molecular weight is 494 g/mol. The van der Waals surface area contributed by atoms with Crippen LogP contribution in [0.1, 0.15) is 50.8 Å². The number of rotatable bonds is 9. The number of aromatic nitrogens is 1. The highest BCUT2D eigenvalue weighted by Gasteiger charge is 2.29. The second-order valence-corrected chi connectivity index (χ2v) is 9.63. The van der Waals surface area contributed by atoms with E-state index in [0.29, 0.717) is 16.3 Å². The van der Waals surface area contributed by atoms with Crippen molar-refractivity contribution in [3.05, 3.63) is 75.2 Å². The molecule has 35 heavy (non-hydrogen) atoms. The van der Waals surface area contributed by atoms with E-state index in [1.165, 1.54) is 11.3 Å². The molecule has 8 nitrogen and oxygen atoms in total. The summed E-state index contributed by atoms with van der Waals surface area (Å²) in [5.41, 5.74) is 4.59. The third-order valence-electron chi connectivity index (χ3n) is 6.16. The summed E-state index contributed by atoms with van der Waals surface area (Å²) >= 11 is 1.23. The fraction of sp³-hybridized carbons (Fsp3) is 0.308. The molecule has 0 radical (unpaired) electrons. The second-order valence-electron chi connectivity index (χ2n) is 8.35. The minimum absolute atomic E-state index is 0.00297. The van der Waals surface area contributed by atoms with Crippen molar-refractivity contribution in [2.75, 3.05) is 13.2 Å². The molecule has 9 heteroatoms. The van der Waals surface area contributed by atoms with Crippen LogP contribution in [0.5, 0.6) is 0 Å². The predicted octanol–water partition coefficient (Wildman–Crippen LogP) is 4.33. The lowest BCUT2D eigenvalue weighted by Gasteiger charge is -2.17. The zero-order chi connectivity index (χ0) is 24.9. The number of benzene rings is 2. The number of nitrogens with one attached hydrogen (secondary N) is 2. The van der Waals surface area contributed by atoms with Crippen LogP contribution in [0.3, 0.4) is 0 Å². The van der Waals surface area contributed by atoms with E-state index in [1.807, 2.05) is 31.2 Å². The highest BCUT2D eigenvalue weighted by Crippen LogP contribution is 2.44. The van der Waals surface area contributed by atoms with Gasteiger partial charge in [-0.3, -0.25) is 4.79 Å². The van der Waals surface area contributed by atoms with Crippen LogP contribution in [0.2, 0.25) is 0 Å². The molecule has 3 aromatic rings. The average Bonchev–Trinajstić information content (AvgIpc) is 3.39. The Kier molecular flexibility index (Phi) is 7.45. The number of aromatic carboxylic acids is 1. The number of carbonyl (C=O) groups is 3. The maximum absolute atomic E-state index is 12.6. The van der Waals surface area contributed by atoms with Crippen molar-refractivity contribution in [3.8, 4) is 11.1 Å². The Morgan fingerprint density at radius 2 is 1.69 bits per heavy atom. The van der Waals surface area contributed by atoms with Gasteiger partial charge in [0.25, 0.3) is 0 Å². The maximum Gasteiger partial charge on any atom is 0.407 e. The van der Waals surface area contributed by atoms with Crippen molar-refractivity contribution in [3.63, 3.8) is 0 Å². The summed E-state index contributed by atoms with van der Waals surface area (Å²) in [6, 6.07) is 16.2. The summed E-state index contributed by atoms with van der Waals surface area (Å²) in [7, 11) is 0. The second kappa shape index (κ2) is 10.7. The van der Waals surface area contributed by atoms with Gasteiger partial charge in [-0.2, -0.15) is 0 Å². The van der Waals surface area contributed by atoms with Crippen molar-refractivity contribution in [2.24, 2.45) is 5.92 Å². The van der Waals surface area contributed by atoms with Crippen molar-refractivity contribution in [2.45, 2.75) is 32.7 Å². The van der Waals surface area contributed by atoms with Gasteiger partial charge in [0.05, 0.1) is 12.5 Å². The maximum atomic E-state index is 12.6. The standard InChI is InChI=1S/C26H27N3O5S/c1-3-16(24(30)27-13-22-29-23(25(31)32)15(2)35-22)12-28-26(33)34-14-21-19-10-6-4-8-17(19)18-9-5-7-11-20(18)21/h4-11,16,21H,3,12-14H2,1-2H3,(H,27,30)(H,28,33)(H,31,32). The first-order valence-corrected chi connectivity index (χ1v) is 12.3. The number of hydrogen-bond donors (Lipinski definition) is 3. The molecule has 0 aliphatic heterocycles. The van der Waals surface area contributed by atoms with Gasteiger partial charge in [-0.05, 0) is 35.6 Å². The molecule has 1 unspecified atom stereocenters. The number of alkyl carbamates (subject to hydrolysis) is 1. The zero-order valence-electron chi connectivity index (χ0n) is 19.5. The minimum atomic E-state index is -1.09. The Morgan fingerprint density at radius 1 is 1.06 bits per heavy atom. The van der Waals surface area contributed by atoms with E-state index in [0.717, 1.165) is 22.3 Å². The number of amides is 2. The highest BCUT2D eigenvalue weighted by atomic mass is 32.1. The van der Waals surface area contributed by atoms with Crippen LogP contribution in [0.4, 0.5) is 4.79 Å². The molecule has 1 heterocycles. The number of carboxylic acids is 1. The molecule has 1 atom stereocenters. The number of carbonyl (C=O) groups excluding carboxylic acids is 2. The predicted molar refractivity (Wildman–Crippen MR) is 133 cm³/mol. The Hall–Kier alpha value is -3.72. The number of carboxylic acid groups (broad SMARTS) is 1. The van der Waals surface area contributed by atoms with E-state index in [2.05, 4.69) is 39.9 Å². The molecule has 0 saturated heterocycles. The molecule has 0 bridgehead atoms. The Balaban J connectivity index is 1.28. The minimum Gasteiger partial charge on any atom is -0.476 e. The van der Waals surface area contributed by atoms with Crippen molar-refractivity contribution in [1.82, 2.24) is 15.6 Å². The summed E-state index contributed by atoms with van der Waals surface area (Å²) in [4.78, 5) is 40.8. The summed E-state index contributed by atoms with van der Waals surface area (Å²) in [6.07, 6.45) is -0.0491. The SMILES string of the molecule is CCC(CNC(=O)OCC1c2ccccc2-c2ccccc21)C(=O)NCc1nc(C(=O)O)c(C)s1. The molecule has 0 saturated carbocycles. The van der Waals surface area contributed by atoms with E-state index in [9.17, 15) is 14.4 Å². The molecule has 0 spiro atoms. The van der Waals surface area contributed by atoms with Crippen LogP contribution in [0.25, 0.3) is 11.1 Å². The smallest absolute Gasteiger partial charge is 0.407 e. The van der Waals surface area contributed by atoms with Crippen molar-refractivity contribution in [1.29, 1.82) is 0 Å². The number of fused-ring (bicyclic) bond motifs is 3. The number of ether oxygens (including phenoxy) is 1. The molecule has 2 amide bonds. The molecule has 0 fully saturated rings. The van der Waals surface area contributed by atoms with Gasteiger partial charge in [0.2, 0.25) is 5.91 Å². The van der Waals surface area contributed by atoms with Crippen LogP contribution in [-0.2, 0) is 16.1 Å². The first-order chi connectivity index (χ1) is 16.9. The van der Waals surface area contributed by atoms with Crippen LogP contribution in [-0.4, -0.2) is 41.2 Å². The van der Waals surface area contributed by atoms with E-state index < -0.39 is 18.0 Å². The molecule has 4 rings (SSSR count). The van der Waals surface area contributed by atoms with Gasteiger partial charge in [-0.1, -0.05) is 55.5 Å². The molecule has 1 aliphatic rings. The van der Waals surface area contributed by atoms with Crippen molar-refractivity contribution >= 4 is 29.3 Å². The van der Waals surface area contributed by atoms with Crippen LogP contribution < -0.4 is 10.6 Å². The molecular weight excluding hydrogens is 466 g/mol. The summed E-state index contributed by atoms with van der Waals surface area (Å²) in [6.45, 7) is 4.02. The molecule has 1 aliphatic carbocycles. The van der Waals surface area contributed by atoms with E-state index in [1.54, 1.807) is 6.92 Å². The lowest BCUT2D eigenvalue weighted by Crippen LogP contribution is -2.38. The summed E-state index contributed by atoms with van der Waals surface area (Å²) < 4.78 is 5.54. The van der Waals surface area contributed by atoms with Gasteiger partial charge in [0.15, 0.2) is 5.69 Å². The third-order valence-corrected chi connectivity index (χ3v) is 7.13. The number of thiazole rings is 1. The van der Waals surface area contributed by atoms with Crippen molar-refractivity contribution < 1.29 is 24.2 Å². The van der Waals surface area contributed by atoms with Crippen LogP contribution >= 0.6 is 11.3 Å². The molecule has 3 N–H and O–H groups in total. The van der Waals surface area contributed by atoms with Gasteiger partial charge in [0.1, 0.15) is 11.6 Å². The summed E-state index contributed by atoms with van der Waals surface area (Å²) in [5, 5.41) is 15.1. The van der Waals surface area contributed by atoms with E-state index in [4.69, 9.17) is 9.84 Å². The highest BCUT2D eigenvalue weighted by molar-refractivity contribution is 7.11. The van der Waals surface area contributed by atoms with Crippen LogP contribution in [0, 0.1) is 12.8 Å². The lowest BCUT2D eigenvalue weighted by atomic mass is 9.98. The fourth-order valence-corrected chi connectivity index (χ4v) is 5.18. The van der Waals surface area contributed by atoms with E-state index in [-0.39, 0.29) is 37.2 Å². The van der Waals surface area contributed by atoms with E-state index >= 15 is 0 Å².